The van der Waals surface area contributed by atoms with Gasteiger partial charge in [0.25, 0.3) is 0 Å². The highest BCUT2D eigenvalue weighted by atomic mass is 32.1. The number of nitrogens with two attached hydrogens (primary N) is 1. The number of amides is 2. The molecule has 9 nitrogen and oxygen atoms in total. The van der Waals surface area contributed by atoms with E-state index in [2.05, 4.69) is 44.1 Å². The number of thiophene rings is 1. The van der Waals surface area contributed by atoms with Crippen LogP contribution >= 0.6 is 11.3 Å². The molecule has 37 heavy (non-hydrogen) atoms. The normalized spacial score (nSPS) is 15.8. The summed E-state index contributed by atoms with van der Waals surface area (Å²) < 4.78 is 0. The molecule has 0 spiro atoms. The van der Waals surface area contributed by atoms with Crippen LogP contribution in [0.5, 0.6) is 0 Å². The molecule has 0 fully saturated rings. The predicted molar refractivity (Wildman–Crippen MR) is 144 cm³/mol. The van der Waals surface area contributed by atoms with Gasteiger partial charge in [-0.15, -0.1) is 21.5 Å². The van der Waals surface area contributed by atoms with E-state index >= 15 is 0 Å². The number of hydrogen-bond acceptors (Lipinski definition) is 7. The Morgan fingerprint density at radius 2 is 1.89 bits per heavy atom. The average molecular weight is 516 g/mol. The molecule has 1 atom stereocenters. The largest absolute Gasteiger partial charge is 0.354 e. The number of para-hydroxylation sites is 1. The number of aryl methyl sites for hydroxylation is 1. The van der Waals surface area contributed by atoms with Gasteiger partial charge in [0.15, 0.2) is 0 Å². The maximum absolute atomic E-state index is 13.8. The van der Waals surface area contributed by atoms with Gasteiger partial charge in [-0.3, -0.25) is 9.59 Å². The van der Waals surface area contributed by atoms with E-state index < -0.39 is 5.54 Å². The number of carbonyl (C=O) groups excluding carboxylic acids is 2. The summed E-state index contributed by atoms with van der Waals surface area (Å²) in [7, 11) is 0. The number of nitrogens with one attached hydrogen (secondary N) is 2. The third kappa shape index (κ3) is 5.30. The van der Waals surface area contributed by atoms with Crippen molar-refractivity contribution < 1.29 is 9.59 Å². The van der Waals surface area contributed by atoms with E-state index in [-0.39, 0.29) is 24.3 Å². The molecular formula is C27H29N7O2S. The molecule has 4 aromatic rings. The Kier molecular flexibility index (Phi) is 6.86. The molecule has 5 rings (SSSR count). The summed E-state index contributed by atoms with van der Waals surface area (Å²) in [6.07, 6.45) is 1.42. The van der Waals surface area contributed by atoms with Gasteiger partial charge in [-0.25, -0.2) is 0 Å². The highest BCUT2D eigenvalue weighted by molar-refractivity contribution is 7.15. The molecule has 0 unspecified atom stereocenters. The minimum atomic E-state index is -0.998. The van der Waals surface area contributed by atoms with Crippen LogP contribution in [0.4, 0.5) is 5.69 Å². The zero-order valence-corrected chi connectivity index (χ0v) is 21.6. The standard InChI is InChI=1S/C27H29N7O2S/c1-27(2,28)26(36)29-15-18-12-11-17-7-3-6-10-22(17)34(25(18)35)16-19-13-14-23(37-19)20-8-4-5-9-21(20)24-30-32-33-31-24/h3-10,13-14,18H,11-12,15-16,28H2,1-2H3,(H,29,36)(H,30,31,32,33)/t18-/m0/s1. The fourth-order valence-electron chi connectivity index (χ4n) is 4.51. The van der Waals surface area contributed by atoms with E-state index in [4.69, 9.17) is 5.73 Å². The molecule has 1 aliphatic heterocycles. The van der Waals surface area contributed by atoms with Crippen LogP contribution in [0.3, 0.4) is 0 Å². The molecule has 0 radical (unpaired) electrons. The maximum Gasteiger partial charge on any atom is 0.239 e. The van der Waals surface area contributed by atoms with Crippen LogP contribution in [0.15, 0.2) is 60.7 Å². The summed E-state index contributed by atoms with van der Waals surface area (Å²) in [5, 5.41) is 17.4. The second-order valence-corrected chi connectivity index (χ2v) is 10.9. The fraction of sp³-hybridized carbons (Fsp3) is 0.296. The number of fused-ring (bicyclic) bond motifs is 1. The van der Waals surface area contributed by atoms with Crippen molar-refractivity contribution in [3.63, 3.8) is 0 Å². The first-order valence-electron chi connectivity index (χ1n) is 12.2. The van der Waals surface area contributed by atoms with Gasteiger partial charge in [0.1, 0.15) is 0 Å². The Morgan fingerprint density at radius 1 is 1.14 bits per heavy atom. The van der Waals surface area contributed by atoms with Gasteiger partial charge in [0.2, 0.25) is 17.6 Å². The van der Waals surface area contributed by atoms with Crippen LogP contribution < -0.4 is 16.0 Å². The second-order valence-electron chi connectivity index (χ2n) is 9.77. The lowest BCUT2D eigenvalue weighted by Crippen LogP contribution is -2.51. The van der Waals surface area contributed by atoms with Crippen molar-refractivity contribution in [1.29, 1.82) is 0 Å². The molecule has 3 heterocycles. The van der Waals surface area contributed by atoms with Gasteiger partial charge in [-0.05, 0) is 55.7 Å². The van der Waals surface area contributed by atoms with Crippen molar-refractivity contribution in [1.82, 2.24) is 25.9 Å². The monoisotopic (exact) mass is 515 g/mol. The highest BCUT2D eigenvalue weighted by Gasteiger charge is 2.32. The van der Waals surface area contributed by atoms with Crippen LogP contribution in [-0.2, 0) is 22.6 Å². The van der Waals surface area contributed by atoms with Crippen molar-refractivity contribution in [2.75, 3.05) is 11.4 Å². The molecule has 4 N–H and O–H groups in total. The molecule has 0 saturated heterocycles. The molecule has 0 aliphatic carbocycles. The van der Waals surface area contributed by atoms with E-state index in [1.807, 2.05) is 47.4 Å². The van der Waals surface area contributed by atoms with Crippen LogP contribution in [0, 0.1) is 5.92 Å². The van der Waals surface area contributed by atoms with E-state index in [0.29, 0.717) is 18.8 Å². The maximum atomic E-state index is 13.8. The number of tetrazole rings is 1. The zero-order chi connectivity index (χ0) is 26.0. The molecule has 0 saturated carbocycles. The first kappa shape index (κ1) is 24.8. The minimum absolute atomic E-state index is 0.00206. The molecule has 2 aromatic heterocycles. The second kappa shape index (κ2) is 10.2. The molecule has 190 valence electrons. The third-order valence-electron chi connectivity index (χ3n) is 6.51. The minimum Gasteiger partial charge on any atom is -0.354 e. The molecular weight excluding hydrogens is 486 g/mol. The lowest BCUT2D eigenvalue weighted by Gasteiger charge is -2.26. The van der Waals surface area contributed by atoms with Gasteiger partial charge in [-0.1, -0.05) is 42.5 Å². The van der Waals surface area contributed by atoms with Crippen molar-refractivity contribution >= 4 is 28.8 Å². The van der Waals surface area contributed by atoms with Gasteiger partial charge < -0.3 is 16.0 Å². The Labute approximate surface area is 219 Å². The number of H-pyrrole nitrogens is 1. The van der Waals surface area contributed by atoms with Crippen molar-refractivity contribution in [3.05, 3.63) is 71.1 Å². The Bertz CT molecular complexity index is 1410. The summed E-state index contributed by atoms with van der Waals surface area (Å²) in [5.74, 6) is -0.0659. The number of hydrogen-bond donors (Lipinski definition) is 3. The summed E-state index contributed by atoms with van der Waals surface area (Å²) >= 11 is 1.63. The molecule has 10 heteroatoms. The average Bonchev–Trinajstić information content (AvgIpc) is 3.57. The van der Waals surface area contributed by atoms with Crippen LogP contribution in [-0.4, -0.2) is 44.5 Å². The molecule has 2 amide bonds. The van der Waals surface area contributed by atoms with E-state index in [9.17, 15) is 9.59 Å². The third-order valence-corrected chi connectivity index (χ3v) is 7.61. The fourth-order valence-corrected chi connectivity index (χ4v) is 5.54. The number of aromatic nitrogens is 4. The number of benzene rings is 2. The predicted octanol–water partition coefficient (Wildman–Crippen LogP) is 3.54. The van der Waals surface area contributed by atoms with Crippen LogP contribution in [0.1, 0.15) is 30.7 Å². The van der Waals surface area contributed by atoms with Crippen LogP contribution in [0.2, 0.25) is 0 Å². The van der Waals surface area contributed by atoms with E-state index in [1.165, 1.54) is 0 Å². The Morgan fingerprint density at radius 3 is 2.65 bits per heavy atom. The number of carbonyl (C=O) groups is 2. The van der Waals surface area contributed by atoms with Crippen molar-refractivity contribution in [2.45, 2.75) is 38.8 Å². The summed E-state index contributed by atoms with van der Waals surface area (Å²) in [6, 6.07) is 20.1. The Hall–Kier alpha value is -3.89. The number of anilines is 1. The van der Waals surface area contributed by atoms with Gasteiger partial charge in [0.05, 0.1) is 18.0 Å². The molecule has 2 aromatic carbocycles. The Balaban J connectivity index is 1.41. The van der Waals surface area contributed by atoms with Gasteiger partial charge in [-0.2, -0.15) is 5.21 Å². The first-order valence-corrected chi connectivity index (χ1v) is 13.0. The molecule has 0 bridgehead atoms. The van der Waals surface area contributed by atoms with Gasteiger partial charge >= 0.3 is 0 Å². The highest BCUT2D eigenvalue weighted by Crippen LogP contribution is 2.37. The summed E-state index contributed by atoms with van der Waals surface area (Å²) in [6.45, 7) is 4.02. The van der Waals surface area contributed by atoms with Crippen molar-refractivity contribution in [3.8, 4) is 21.8 Å². The lowest BCUT2D eigenvalue weighted by molar-refractivity contribution is -0.126. The first-order chi connectivity index (χ1) is 17.8. The van der Waals surface area contributed by atoms with Crippen molar-refractivity contribution in [2.24, 2.45) is 11.7 Å². The summed E-state index contributed by atoms with van der Waals surface area (Å²) in [5.41, 5.74) is 8.88. The van der Waals surface area contributed by atoms with E-state index in [0.717, 1.165) is 38.6 Å². The quantitative estimate of drug-likeness (QED) is 0.345. The van der Waals surface area contributed by atoms with Crippen LogP contribution in [0.25, 0.3) is 21.8 Å². The smallest absolute Gasteiger partial charge is 0.239 e. The lowest BCUT2D eigenvalue weighted by atomic mass is 9.99. The summed E-state index contributed by atoms with van der Waals surface area (Å²) in [4.78, 5) is 30.1. The van der Waals surface area contributed by atoms with Gasteiger partial charge in [0, 0.05) is 33.1 Å². The van der Waals surface area contributed by atoms with E-state index in [1.54, 1.807) is 25.2 Å². The zero-order valence-electron chi connectivity index (χ0n) is 20.8. The molecule has 1 aliphatic rings. The SMILES string of the molecule is CC(C)(N)C(=O)NC[C@@H]1CCc2ccccc2N(Cc2ccc(-c3ccccc3-c3nn[nH]n3)s2)C1=O. The topological polar surface area (TPSA) is 130 Å². The number of aromatic amines is 1. The number of rotatable bonds is 7. The number of nitrogens with zero attached hydrogens (tertiary/aromatic N) is 4.